The van der Waals surface area contributed by atoms with E-state index in [2.05, 4.69) is 26.7 Å². The number of carbonyl (C=O) groups excluding carboxylic acids is 1. The van der Waals surface area contributed by atoms with Crippen molar-refractivity contribution in [3.8, 4) is 28.6 Å². The van der Waals surface area contributed by atoms with E-state index >= 15 is 0 Å². The summed E-state index contributed by atoms with van der Waals surface area (Å²) in [5.41, 5.74) is 6.91. The smallest absolute Gasteiger partial charge is 0.394 e. The van der Waals surface area contributed by atoms with Crippen LogP contribution >= 0.6 is 11.6 Å². The zero-order chi connectivity index (χ0) is 32.3. The number of amides is 1. The molecule has 2 aromatic carbocycles. The van der Waals surface area contributed by atoms with Gasteiger partial charge in [0.2, 0.25) is 5.91 Å². The normalized spacial score (nSPS) is 17.2. The standard InChI is InChI=1S/C32H27ClF3N7O2/c1-18-3-2-4-28(20-9-10-39-25(12-20)22-7-5-19(15-37)11-27(22)42-31(18)45)43-17-41-26(14-30(43)44)23-13-21(33)6-8-24(23)40-16-29(38)32(34,35)36/h5-14,16-18,28,40H,2-4,38H2,1H3,(H,42,45)/b29-16-. The Morgan fingerprint density at radius 2 is 1.87 bits per heavy atom. The largest absolute Gasteiger partial charge is 0.432 e. The second-order valence-corrected chi connectivity index (χ2v) is 11.1. The van der Waals surface area contributed by atoms with Gasteiger partial charge >= 0.3 is 6.18 Å². The molecule has 9 nitrogen and oxygen atoms in total. The highest BCUT2D eigenvalue weighted by Gasteiger charge is 2.31. The number of fused-ring (bicyclic) bond motifs is 4. The number of rotatable bonds is 4. The molecule has 2 bridgehead atoms. The Morgan fingerprint density at radius 1 is 1.09 bits per heavy atom. The van der Waals surface area contributed by atoms with Crippen molar-refractivity contribution in [1.82, 2.24) is 14.5 Å². The van der Waals surface area contributed by atoms with Crippen LogP contribution in [0.5, 0.6) is 0 Å². The lowest BCUT2D eigenvalue weighted by Gasteiger charge is -2.23. The van der Waals surface area contributed by atoms with Crippen molar-refractivity contribution in [3.63, 3.8) is 0 Å². The number of halogens is 4. The quantitative estimate of drug-likeness (QED) is 0.230. The second kappa shape index (κ2) is 12.8. The minimum atomic E-state index is -4.72. The molecule has 45 heavy (non-hydrogen) atoms. The summed E-state index contributed by atoms with van der Waals surface area (Å²) in [5.74, 6) is -0.540. The summed E-state index contributed by atoms with van der Waals surface area (Å²) < 4.78 is 40.3. The zero-order valence-corrected chi connectivity index (χ0v) is 24.7. The Bertz CT molecular complexity index is 1900. The molecular formula is C32H27ClF3N7O2. The molecule has 3 heterocycles. The summed E-state index contributed by atoms with van der Waals surface area (Å²) in [6.07, 6.45) is 0.566. The molecule has 2 aromatic heterocycles. The fourth-order valence-electron chi connectivity index (χ4n) is 5.10. The molecule has 1 amide bonds. The van der Waals surface area contributed by atoms with Gasteiger partial charge in [-0.1, -0.05) is 24.9 Å². The van der Waals surface area contributed by atoms with Crippen LogP contribution < -0.4 is 21.9 Å². The SMILES string of the molecule is CC1CCCC(n2cnc(-c3cc(Cl)ccc3N/C=C(\N)C(F)(F)F)cc2=O)c2ccnc(c2)-c2ccc(C#N)cc2NC1=O. The maximum atomic E-state index is 13.6. The third-order valence-electron chi connectivity index (χ3n) is 7.55. The van der Waals surface area contributed by atoms with Crippen molar-refractivity contribution in [2.45, 2.75) is 38.4 Å². The Labute approximate surface area is 261 Å². The van der Waals surface area contributed by atoms with Gasteiger partial charge < -0.3 is 16.4 Å². The summed E-state index contributed by atoms with van der Waals surface area (Å²) >= 11 is 6.19. The van der Waals surface area contributed by atoms with Crippen LogP contribution in [0.1, 0.15) is 43.4 Å². The van der Waals surface area contributed by atoms with Crippen molar-refractivity contribution in [1.29, 1.82) is 5.26 Å². The van der Waals surface area contributed by atoms with Gasteiger partial charge in [0.15, 0.2) is 0 Å². The van der Waals surface area contributed by atoms with Gasteiger partial charge in [0.1, 0.15) is 5.70 Å². The lowest BCUT2D eigenvalue weighted by atomic mass is 9.94. The molecule has 0 saturated carbocycles. The number of nitrogens with two attached hydrogens (primary N) is 1. The molecule has 0 saturated heterocycles. The lowest BCUT2D eigenvalue weighted by molar-refractivity contribution is -0.119. The van der Waals surface area contributed by atoms with Crippen LogP contribution in [0, 0.1) is 17.2 Å². The average Bonchev–Trinajstić information content (AvgIpc) is 3.01. The lowest BCUT2D eigenvalue weighted by Crippen LogP contribution is -2.26. The van der Waals surface area contributed by atoms with Gasteiger partial charge in [-0.05, 0) is 66.9 Å². The fraction of sp³-hybridized carbons (Fsp3) is 0.219. The zero-order valence-electron chi connectivity index (χ0n) is 23.9. The number of nitrogens with one attached hydrogen (secondary N) is 2. The van der Waals surface area contributed by atoms with E-state index in [-0.39, 0.29) is 23.2 Å². The highest BCUT2D eigenvalue weighted by atomic mass is 35.5. The molecule has 0 aliphatic carbocycles. The number of hydrogen-bond acceptors (Lipinski definition) is 7. The minimum Gasteiger partial charge on any atom is -0.394 e. The van der Waals surface area contributed by atoms with E-state index in [0.717, 1.165) is 5.56 Å². The molecule has 4 N–H and O–H groups in total. The predicted octanol–water partition coefficient (Wildman–Crippen LogP) is 6.62. The number of nitriles is 1. The van der Waals surface area contributed by atoms with Crippen molar-refractivity contribution >= 4 is 28.9 Å². The first kappa shape index (κ1) is 31.3. The van der Waals surface area contributed by atoms with Gasteiger partial charge in [-0.25, -0.2) is 4.98 Å². The van der Waals surface area contributed by atoms with Crippen molar-refractivity contribution in [3.05, 3.63) is 106 Å². The third-order valence-corrected chi connectivity index (χ3v) is 7.79. The second-order valence-electron chi connectivity index (χ2n) is 10.6. The highest BCUT2D eigenvalue weighted by Crippen LogP contribution is 2.34. The molecule has 0 spiro atoms. The summed E-state index contributed by atoms with van der Waals surface area (Å²) in [4.78, 5) is 35.7. The van der Waals surface area contributed by atoms with Gasteiger partial charge in [0.05, 0.1) is 41.1 Å². The minimum absolute atomic E-state index is 0.191. The van der Waals surface area contributed by atoms with E-state index in [1.807, 2.05) is 19.1 Å². The van der Waals surface area contributed by atoms with E-state index in [1.54, 1.807) is 24.4 Å². The van der Waals surface area contributed by atoms with Crippen LogP contribution in [0.25, 0.3) is 22.5 Å². The van der Waals surface area contributed by atoms with Crippen LogP contribution in [-0.2, 0) is 4.79 Å². The van der Waals surface area contributed by atoms with Gasteiger partial charge in [-0.2, -0.15) is 18.4 Å². The van der Waals surface area contributed by atoms with Crippen molar-refractivity contribution in [2.75, 3.05) is 10.6 Å². The van der Waals surface area contributed by atoms with Crippen molar-refractivity contribution in [2.24, 2.45) is 11.7 Å². The highest BCUT2D eigenvalue weighted by molar-refractivity contribution is 6.31. The van der Waals surface area contributed by atoms with E-state index < -0.39 is 23.5 Å². The number of anilines is 2. The van der Waals surface area contributed by atoms with Gasteiger partial charge in [-0.3, -0.25) is 19.1 Å². The van der Waals surface area contributed by atoms with E-state index in [1.165, 1.54) is 35.2 Å². The van der Waals surface area contributed by atoms with Crippen LogP contribution in [-0.4, -0.2) is 26.6 Å². The van der Waals surface area contributed by atoms with Crippen LogP contribution in [0.2, 0.25) is 5.02 Å². The molecule has 13 heteroatoms. The summed E-state index contributed by atoms with van der Waals surface area (Å²) in [5, 5.41) is 15.2. The maximum absolute atomic E-state index is 13.6. The average molecular weight is 634 g/mol. The Kier molecular flexibility index (Phi) is 8.92. The number of allylic oxidation sites excluding steroid dienone is 1. The monoisotopic (exact) mass is 633 g/mol. The Morgan fingerprint density at radius 3 is 2.60 bits per heavy atom. The number of aromatic nitrogens is 3. The van der Waals surface area contributed by atoms with Crippen molar-refractivity contribution < 1.29 is 18.0 Å². The van der Waals surface area contributed by atoms with E-state index in [9.17, 15) is 28.0 Å². The molecule has 2 atom stereocenters. The van der Waals surface area contributed by atoms with Crippen LogP contribution in [0.4, 0.5) is 24.5 Å². The first-order valence-electron chi connectivity index (χ1n) is 13.9. The first-order chi connectivity index (χ1) is 21.4. The number of alkyl halides is 3. The van der Waals surface area contributed by atoms with E-state index in [0.29, 0.717) is 58.6 Å². The molecule has 4 aromatic rings. The topological polar surface area (TPSA) is 139 Å². The molecule has 0 radical (unpaired) electrons. The number of nitrogens with zero attached hydrogens (tertiary/aromatic N) is 4. The Hall–Kier alpha value is -5.15. The molecule has 0 fully saturated rings. The van der Waals surface area contributed by atoms with Crippen LogP contribution in [0.3, 0.4) is 0 Å². The third kappa shape index (κ3) is 6.99. The molecular weight excluding hydrogens is 607 g/mol. The first-order valence-corrected chi connectivity index (χ1v) is 14.3. The summed E-state index contributed by atoms with van der Waals surface area (Å²) in [7, 11) is 0. The number of hydrogen-bond donors (Lipinski definition) is 3. The molecule has 1 aliphatic heterocycles. The van der Waals surface area contributed by atoms with Gasteiger partial charge in [-0.15, -0.1) is 0 Å². The number of pyridine rings is 1. The number of benzene rings is 2. The van der Waals surface area contributed by atoms with Crippen LogP contribution in [0.15, 0.2) is 83.8 Å². The number of carbonyl (C=O) groups is 1. The van der Waals surface area contributed by atoms with E-state index in [4.69, 9.17) is 17.3 Å². The molecule has 5 rings (SSSR count). The molecule has 230 valence electrons. The van der Waals surface area contributed by atoms with Gasteiger partial charge in [0, 0.05) is 46.2 Å². The summed E-state index contributed by atoms with van der Waals surface area (Å²) in [6.45, 7) is 1.82. The maximum Gasteiger partial charge on any atom is 0.432 e. The predicted molar refractivity (Wildman–Crippen MR) is 165 cm³/mol. The fourth-order valence-corrected chi connectivity index (χ4v) is 5.27. The Balaban J connectivity index is 1.56. The van der Waals surface area contributed by atoms with Gasteiger partial charge in [0.25, 0.3) is 5.56 Å². The molecule has 1 aliphatic rings. The molecule has 2 unspecified atom stereocenters. The summed E-state index contributed by atoms with van der Waals surface area (Å²) in [6, 6.07) is 16.0.